The number of thiophene rings is 1. The Kier molecular flexibility index (Phi) is 3.75. The average molecular weight is 301 g/mol. The van der Waals surface area contributed by atoms with Gasteiger partial charge in [-0.05, 0) is 36.5 Å². The summed E-state index contributed by atoms with van der Waals surface area (Å²) in [4.78, 5) is 25.5. The van der Waals surface area contributed by atoms with E-state index in [1.54, 1.807) is 24.3 Å². The summed E-state index contributed by atoms with van der Waals surface area (Å²) in [5.74, 6) is -1.37. The maximum Gasteiger partial charge on any atom is 0.330 e. The molecule has 2 N–H and O–H groups in total. The minimum Gasteiger partial charge on any atom is -0.479 e. The van der Waals surface area contributed by atoms with E-state index in [2.05, 4.69) is 5.32 Å². The Morgan fingerprint density at radius 3 is 2.62 bits per heavy atom. The molecule has 108 valence electrons. The van der Waals surface area contributed by atoms with Crippen LogP contribution in [0, 0.1) is 0 Å². The molecule has 21 heavy (non-hydrogen) atoms. The van der Waals surface area contributed by atoms with Gasteiger partial charge < -0.3 is 10.4 Å². The minimum absolute atomic E-state index is 0.314. The van der Waals surface area contributed by atoms with Gasteiger partial charge in [0.2, 0.25) is 0 Å². The van der Waals surface area contributed by atoms with Crippen molar-refractivity contribution < 1.29 is 14.7 Å². The van der Waals surface area contributed by atoms with Crippen LogP contribution in [0.3, 0.4) is 0 Å². The maximum atomic E-state index is 12.3. The van der Waals surface area contributed by atoms with Crippen molar-refractivity contribution in [2.75, 3.05) is 0 Å². The Morgan fingerprint density at radius 1 is 1.19 bits per heavy atom. The summed E-state index contributed by atoms with van der Waals surface area (Å²) in [6.45, 7) is 0. The van der Waals surface area contributed by atoms with Crippen LogP contribution in [-0.2, 0) is 17.6 Å². The molecular formula is C16H15NO3S. The topological polar surface area (TPSA) is 66.4 Å². The first-order chi connectivity index (χ1) is 10.1. The molecule has 1 aliphatic carbocycles. The third-order valence-corrected chi connectivity index (χ3v) is 4.86. The molecule has 1 aromatic carbocycles. The van der Waals surface area contributed by atoms with E-state index in [0.29, 0.717) is 10.4 Å². The average Bonchev–Trinajstić information content (AvgIpc) is 3.06. The van der Waals surface area contributed by atoms with Crippen molar-refractivity contribution in [3.05, 3.63) is 57.3 Å². The van der Waals surface area contributed by atoms with Gasteiger partial charge in [0.05, 0.1) is 4.88 Å². The number of fused-ring (bicyclic) bond motifs is 1. The molecule has 0 spiro atoms. The van der Waals surface area contributed by atoms with Crippen molar-refractivity contribution in [1.82, 2.24) is 5.32 Å². The Balaban J connectivity index is 1.79. The fourth-order valence-corrected chi connectivity index (χ4v) is 3.73. The van der Waals surface area contributed by atoms with Crippen molar-refractivity contribution in [2.24, 2.45) is 0 Å². The Hall–Kier alpha value is -2.14. The van der Waals surface area contributed by atoms with Crippen molar-refractivity contribution in [1.29, 1.82) is 0 Å². The van der Waals surface area contributed by atoms with Gasteiger partial charge in [-0.2, -0.15) is 0 Å². The van der Waals surface area contributed by atoms with E-state index >= 15 is 0 Å². The standard InChI is InChI=1S/C16H15NO3S/c18-15(13-9-11-7-4-8-12(11)21-13)17-14(16(19)20)10-5-2-1-3-6-10/h1-3,5-6,9,14H,4,7-8H2,(H,17,18)(H,19,20)/t14-/m1/s1. The van der Waals surface area contributed by atoms with Gasteiger partial charge in [0.15, 0.2) is 6.04 Å². The highest BCUT2D eigenvalue weighted by molar-refractivity contribution is 7.14. The minimum atomic E-state index is -1.06. The summed E-state index contributed by atoms with van der Waals surface area (Å²) in [5.41, 5.74) is 1.80. The van der Waals surface area contributed by atoms with Crippen molar-refractivity contribution >= 4 is 23.2 Å². The van der Waals surface area contributed by atoms with E-state index in [1.165, 1.54) is 21.8 Å². The van der Waals surface area contributed by atoms with Crippen molar-refractivity contribution in [3.8, 4) is 0 Å². The highest BCUT2D eigenvalue weighted by Gasteiger charge is 2.24. The molecule has 0 radical (unpaired) electrons. The lowest BCUT2D eigenvalue weighted by atomic mass is 10.1. The number of carboxylic acid groups (broad SMARTS) is 1. The maximum absolute atomic E-state index is 12.3. The van der Waals surface area contributed by atoms with Gasteiger partial charge in [-0.15, -0.1) is 11.3 Å². The van der Waals surface area contributed by atoms with Gasteiger partial charge in [-0.3, -0.25) is 4.79 Å². The fraction of sp³-hybridized carbons (Fsp3) is 0.250. The van der Waals surface area contributed by atoms with Gasteiger partial charge in [0, 0.05) is 4.88 Å². The summed E-state index contributed by atoms with van der Waals surface area (Å²) < 4.78 is 0. The zero-order valence-electron chi connectivity index (χ0n) is 11.3. The van der Waals surface area contributed by atoms with Gasteiger partial charge in [-0.1, -0.05) is 30.3 Å². The second-order valence-electron chi connectivity index (χ2n) is 5.07. The lowest BCUT2D eigenvalue weighted by Crippen LogP contribution is -2.33. The Labute approximate surface area is 126 Å². The van der Waals surface area contributed by atoms with E-state index in [4.69, 9.17) is 0 Å². The first kappa shape index (κ1) is 13.8. The number of nitrogens with one attached hydrogen (secondary N) is 1. The molecule has 0 saturated heterocycles. The largest absolute Gasteiger partial charge is 0.479 e. The van der Waals surface area contributed by atoms with Gasteiger partial charge in [0.1, 0.15) is 0 Å². The molecule has 3 rings (SSSR count). The zero-order valence-corrected chi connectivity index (χ0v) is 12.2. The number of carbonyl (C=O) groups is 2. The van der Waals surface area contributed by atoms with Crippen LogP contribution in [-0.4, -0.2) is 17.0 Å². The van der Waals surface area contributed by atoms with Gasteiger partial charge >= 0.3 is 5.97 Å². The second-order valence-corrected chi connectivity index (χ2v) is 6.20. The monoisotopic (exact) mass is 301 g/mol. The molecule has 0 bridgehead atoms. The normalized spacial score (nSPS) is 14.5. The molecule has 0 aliphatic heterocycles. The molecule has 4 nitrogen and oxygen atoms in total. The number of hydrogen-bond acceptors (Lipinski definition) is 3. The SMILES string of the molecule is O=C(N[C@@H](C(=O)O)c1ccccc1)c1cc2c(s1)CCC2. The predicted octanol–water partition coefficient (Wildman–Crippen LogP) is 2.79. The van der Waals surface area contributed by atoms with Crippen LogP contribution in [0.4, 0.5) is 0 Å². The van der Waals surface area contributed by atoms with Crippen molar-refractivity contribution in [3.63, 3.8) is 0 Å². The first-order valence-electron chi connectivity index (χ1n) is 6.85. The lowest BCUT2D eigenvalue weighted by Gasteiger charge is -2.14. The van der Waals surface area contributed by atoms with Crippen LogP contribution in [0.25, 0.3) is 0 Å². The van der Waals surface area contributed by atoms with E-state index in [1.807, 2.05) is 12.1 Å². The molecule has 1 amide bonds. The van der Waals surface area contributed by atoms with Gasteiger partial charge in [0.25, 0.3) is 5.91 Å². The number of hydrogen-bond donors (Lipinski definition) is 2. The molecule has 5 heteroatoms. The smallest absolute Gasteiger partial charge is 0.330 e. The number of rotatable bonds is 4. The molecular weight excluding hydrogens is 286 g/mol. The summed E-state index contributed by atoms with van der Waals surface area (Å²) in [6, 6.07) is 9.62. The van der Waals surface area contributed by atoms with E-state index in [-0.39, 0.29) is 5.91 Å². The number of aryl methyl sites for hydroxylation is 2. The lowest BCUT2D eigenvalue weighted by molar-refractivity contribution is -0.139. The molecule has 1 aliphatic rings. The Bertz CT molecular complexity index is 657. The van der Waals surface area contributed by atoms with Crippen LogP contribution in [0.2, 0.25) is 0 Å². The molecule has 1 atom stereocenters. The van der Waals surface area contributed by atoms with Gasteiger partial charge in [-0.25, -0.2) is 4.79 Å². The third kappa shape index (κ3) is 2.83. The van der Waals surface area contributed by atoms with Crippen LogP contribution in [0.5, 0.6) is 0 Å². The van der Waals surface area contributed by atoms with Crippen LogP contribution in [0.1, 0.15) is 38.1 Å². The molecule has 1 aromatic heterocycles. The quantitative estimate of drug-likeness (QED) is 0.912. The van der Waals surface area contributed by atoms with Crippen molar-refractivity contribution in [2.45, 2.75) is 25.3 Å². The molecule has 0 unspecified atom stereocenters. The number of benzene rings is 1. The zero-order chi connectivity index (χ0) is 14.8. The van der Waals surface area contributed by atoms with Crippen LogP contribution < -0.4 is 5.32 Å². The molecule has 1 heterocycles. The number of carboxylic acids is 1. The van der Waals surface area contributed by atoms with E-state index in [0.717, 1.165) is 19.3 Å². The summed E-state index contributed by atoms with van der Waals surface area (Å²) in [6.07, 6.45) is 3.18. The Morgan fingerprint density at radius 2 is 1.95 bits per heavy atom. The summed E-state index contributed by atoms with van der Waals surface area (Å²) >= 11 is 1.47. The number of aliphatic carboxylic acids is 1. The third-order valence-electron chi connectivity index (χ3n) is 3.63. The highest BCUT2D eigenvalue weighted by atomic mass is 32.1. The first-order valence-corrected chi connectivity index (χ1v) is 7.67. The summed E-state index contributed by atoms with van der Waals surface area (Å²) in [5, 5.41) is 11.9. The predicted molar refractivity (Wildman–Crippen MR) is 80.6 cm³/mol. The fourth-order valence-electron chi connectivity index (χ4n) is 2.58. The summed E-state index contributed by atoms with van der Waals surface area (Å²) in [7, 11) is 0. The second kappa shape index (κ2) is 5.69. The van der Waals surface area contributed by atoms with Crippen LogP contribution in [0.15, 0.2) is 36.4 Å². The van der Waals surface area contributed by atoms with Crippen LogP contribution >= 0.6 is 11.3 Å². The number of carbonyl (C=O) groups excluding carboxylic acids is 1. The highest BCUT2D eigenvalue weighted by Crippen LogP contribution is 2.30. The molecule has 0 fully saturated rings. The van der Waals surface area contributed by atoms with E-state index in [9.17, 15) is 14.7 Å². The van der Waals surface area contributed by atoms with E-state index < -0.39 is 12.0 Å². The number of amides is 1. The molecule has 0 saturated carbocycles. The molecule has 2 aromatic rings.